The van der Waals surface area contributed by atoms with Crippen LogP contribution in [0.4, 0.5) is 27.3 Å². The summed E-state index contributed by atoms with van der Waals surface area (Å²) in [4.78, 5) is 50.3. The number of halogens is 1. The molecule has 49 heavy (non-hydrogen) atoms. The van der Waals surface area contributed by atoms with Gasteiger partial charge in [0.15, 0.2) is 5.82 Å². The quantitative estimate of drug-likeness (QED) is 0.199. The number of carbonyl (C=O) groups is 3. The number of benzene rings is 3. The minimum absolute atomic E-state index is 0.168. The molecule has 9 nitrogen and oxygen atoms in total. The molecule has 5 aromatic rings. The molecule has 7 rings (SSSR count). The van der Waals surface area contributed by atoms with Crippen molar-refractivity contribution < 1.29 is 23.5 Å². The van der Waals surface area contributed by atoms with Gasteiger partial charge in [-0.15, -0.1) is 11.3 Å². The van der Waals surface area contributed by atoms with E-state index in [9.17, 15) is 18.8 Å². The summed E-state index contributed by atoms with van der Waals surface area (Å²) >= 11 is 1.33. The SMILES string of the molecule is Cc1cnc(N2CCOCC2)c(NC(=O)c2ccc(C(=O)N3CCc4cc(C(=O)Nc5c(C)cccc5F)sc4-c4ccccc43)cc2)c1. The molecule has 0 aliphatic carbocycles. The average Bonchev–Trinajstić information content (AvgIpc) is 3.48. The fraction of sp³-hybridized carbons (Fsp3) is 0.211. The van der Waals surface area contributed by atoms with Crippen LogP contribution in [-0.4, -0.2) is 55.6 Å². The Bertz CT molecular complexity index is 2050. The number of pyridine rings is 1. The first-order chi connectivity index (χ1) is 23.8. The molecule has 0 atom stereocenters. The van der Waals surface area contributed by atoms with Crippen molar-refractivity contribution >= 4 is 51.9 Å². The lowest BCUT2D eigenvalue weighted by Crippen LogP contribution is -2.37. The van der Waals surface area contributed by atoms with Crippen molar-refractivity contribution in [3.05, 3.63) is 124 Å². The number of hydrogen-bond donors (Lipinski definition) is 2. The van der Waals surface area contributed by atoms with E-state index in [-0.39, 0.29) is 23.4 Å². The lowest BCUT2D eigenvalue weighted by atomic mass is 10.1. The first kappa shape index (κ1) is 32.2. The third-order valence-corrected chi connectivity index (χ3v) is 9.95. The molecule has 4 heterocycles. The number of carbonyl (C=O) groups excluding carboxylic acids is 3. The highest BCUT2D eigenvalue weighted by molar-refractivity contribution is 7.17. The van der Waals surface area contributed by atoms with Crippen molar-refractivity contribution in [1.29, 1.82) is 0 Å². The third kappa shape index (κ3) is 6.55. The number of hydrogen-bond acceptors (Lipinski definition) is 7. The Hall–Kier alpha value is -5.39. The first-order valence-electron chi connectivity index (χ1n) is 16.1. The summed E-state index contributed by atoms with van der Waals surface area (Å²) in [5.74, 6) is -0.649. The smallest absolute Gasteiger partial charge is 0.265 e. The van der Waals surface area contributed by atoms with Gasteiger partial charge >= 0.3 is 0 Å². The van der Waals surface area contributed by atoms with Gasteiger partial charge in [0.25, 0.3) is 17.7 Å². The molecule has 2 aromatic heterocycles. The van der Waals surface area contributed by atoms with E-state index in [0.717, 1.165) is 27.3 Å². The van der Waals surface area contributed by atoms with Gasteiger partial charge < -0.3 is 25.2 Å². The van der Waals surface area contributed by atoms with E-state index < -0.39 is 5.82 Å². The number of rotatable bonds is 6. The highest BCUT2D eigenvalue weighted by Crippen LogP contribution is 2.42. The number of ether oxygens (including phenoxy) is 1. The number of aromatic nitrogens is 1. The van der Waals surface area contributed by atoms with E-state index >= 15 is 0 Å². The van der Waals surface area contributed by atoms with Crippen LogP contribution in [0, 0.1) is 19.7 Å². The third-order valence-electron chi connectivity index (χ3n) is 8.74. The van der Waals surface area contributed by atoms with Gasteiger partial charge in [0.2, 0.25) is 0 Å². The van der Waals surface area contributed by atoms with Gasteiger partial charge in [0.1, 0.15) is 5.82 Å². The van der Waals surface area contributed by atoms with Crippen molar-refractivity contribution in [3.63, 3.8) is 0 Å². The van der Waals surface area contributed by atoms with Crippen molar-refractivity contribution in [1.82, 2.24) is 4.98 Å². The topological polar surface area (TPSA) is 104 Å². The fourth-order valence-electron chi connectivity index (χ4n) is 6.18. The Labute approximate surface area is 287 Å². The van der Waals surface area contributed by atoms with E-state index in [1.165, 1.54) is 17.4 Å². The second kappa shape index (κ2) is 13.6. The largest absolute Gasteiger partial charge is 0.378 e. The number of aryl methyl sites for hydroxylation is 2. The highest BCUT2D eigenvalue weighted by atomic mass is 32.1. The van der Waals surface area contributed by atoms with Crippen molar-refractivity contribution in [2.75, 3.05) is 53.3 Å². The molecule has 0 spiro atoms. The lowest BCUT2D eigenvalue weighted by Gasteiger charge is -2.29. The molecule has 0 radical (unpaired) electrons. The summed E-state index contributed by atoms with van der Waals surface area (Å²) in [5.41, 5.74) is 5.74. The zero-order chi connectivity index (χ0) is 34.1. The van der Waals surface area contributed by atoms with Crippen LogP contribution in [0.1, 0.15) is 47.1 Å². The van der Waals surface area contributed by atoms with Crippen LogP contribution >= 0.6 is 11.3 Å². The molecule has 2 N–H and O–H groups in total. The summed E-state index contributed by atoms with van der Waals surface area (Å²) < 4.78 is 19.9. The van der Waals surface area contributed by atoms with Crippen molar-refractivity contribution in [2.45, 2.75) is 20.3 Å². The molecule has 2 aliphatic rings. The van der Waals surface area contributed by atoms with Crippen LogP contribution < -0.4 is 20.4 Å². The first-order valence-corrected chi connectivity index (χ1v) is 16.9. The van der Waals surface area contributed by atoms with E-state index in [2.05, 4.69) is 20.5 Å². The van der Waals surface area contributed by atoms with E-state index in [1.54, 1.807) is 54.4 Å². The van der Waals surface area contributed by atoms with Crippen LogP contribution in [0.25, 0.3) is 10.4 Å². The standard InChI is InChI=1S/C38H34FN5O4S/c1-23-20-30(35(40-22-23)43-16-18-48-19-17-43)41-36(45)25-10-12-26(13-11-25)38(47)44-15-14-27-21-32(49-34(27)28-7-3-4-9-31(28)44)37(46)42-33-24(2)6-5-8-29(33)39/h3-13,20-22H,14-19H2,1-2H3,(H,41,45)(H,42,46). The molecule has 1 saturated heterocycles. The Balaban J connectivity index is 1.09. The Morgan fingerprint density at radius 3 is 2.39 bits per heavy atom. The minimum atomic E-state index is -0.485. The van der Waals surface area contributed by atoms with Crippen LogP contribution in [0.3, 0.4) is 0 Å². The number of amides is 3. The number of thiophene rings is 1. The average molecular weight is 676 g/mol. The van der Waals surface area contributed by atoms with Gasteiger partial charge in [-0.3, -0.25) is 14.4 Å². The molecule has 0 unspecified atom stereocenters. The number of anilines is 4. The maximum Gasteiger partial charge on any atom is 0.265 e. The molecular formula is C38H34FN5O4S. The number of para-hydroxylation sites is 2. The predicted molar refractivity (Wildman–Crippen MR) is 191 cm³/mol. The van der Waals surface area contributed by atoms with Crippen molar-refractivity contribution in [2.24, 2.45) is 0 Å². The number of nitrogens with one attached hydrogen (secondary N) is 2. The summed E-state index contributed by atoms with van der Waals surface area (Å²) in [6, 6.07) is 22.7. The van der Waals surface area contributed by atoms with Crippen LogP contribution in [0.15, 0.2) is 85.1 Å². The number of morpholine rings is 1. The van der Waals surface area contributed by atoms with Crippen LogP contribution in [-0.2, 0) is 11.2 Å². The molecule has 3 amide bonds. The van der Waals surface area contributed by atoms with Gasteiger partial charge in [-0.2, -0.15) is 0 Å². The molecule has 0 bridgehead atoms. The Morgan fingerprint density at radius 2 is 1.61 bits per heavy atom. The summed E-state index contributed by atoms with van der Waals surface area (Å²) in [7, 11) is 0. The number of fused-ring (bicyclic) bond motifs is 3. The molecule has 248 valence electrons. The fourth-order valence-corrected chi connectivity index (χ4v) is 7.32. The lowest BCUT2D eigenvalue weighted by molar-refractivity contribution is 0.0983. The molecule has 0 saturated carbocycles. The van der Waals surface area contributed by atoms with Crippen molar-refractivity contribution in [3.8, 4) is 10.4 Å². The van der Waals surface area contributed by atoms with Crippen LogP contribution in [0.2, 0.25) is 0 Å². The Morgan fingerprint density at radius 1 is 0.857 bits per heavy atom. The number of nitrogens with zero attached hydrogens (tertiary/aromatic N) is 3. The highest BCUT2D eigenvalue weighted by Gasteiger charge is 2.28. The zero-order valence-electron chi connectivity index (χ0n) is 27.1. The monoisotopic (exact) mass is 675 g/mol. The zero-order valence-corrected chi connectivity index (χ0v) is 27.9. The predicted octanol–water partition coefficient (Wildman–Crippen LogP) is 7.11. The molecule has 1 fully saturated rings. The molecule has 11 heteroatoms. The van der Waals surface area contributed by atoms with E-state index in [4.69, 9.17) is 4.74 Å². The molecular weight excluding hydrogens is 642 g/mol. The van der Waals surface area contributed by atoms with Gasteiger partial charge in [0.05, 0.1) is 35.2 Å². The van der Waals surface area contributed by atoms with Crippen LogP contribution in [0.5, 0.6) is 0 Å². The maximum atomic E-state index is 14.4. The van der Waals surface area contributed by atoms with Gasteiger partial charge in [0, 0.05) is 47.4 Å². The normalized spacial score (nSPS) is 14.0. The van der Waals surface area contributed by atoms with E-state index in [0.29, 0.717) is 72.3 Å². The second-order valence-electron chi connectivity index (χ2n) is 12.1. The summed E-state index contributed by atoms with van der Waals surface area (Å²) in [5, 5.41) is 5.74. The Kier molecular flexibility index (Phi) is 8.94. The van der Waals surface area contributed by atoms with Gasteiger partial charge in [-0.05, 0) is 85.5 Å². The summed E-state index contributed by atoms with van der Waals surface area (Å²) in [6.45, 7) is 6.64. The minimum Gasteiger partial charge on any atom is -0.378 e. The van der Waals surface area contributed by atoms with Gasteiger partial charge in [-0.1, -0.05) is 30.3 Å². The maximum absolute atomic E-state index is 14.4. The molecule has 2 aliphatic heterocycles. The van der Waals surface area contributed by atoms with E-state index in [1.807, 2.05) is 43.3 Å². The summed E-state index contributed by atoms with van der Waals surface area (Å²) in [6.07, 6.45) is 2.31. The molecule has 3 aromatic carbocycles. The van der Waals surface area contributed by atoms with Gasteiger partial charge in [-0.25, -0.2) is 9.37 Å². The second-order valence-corrected chi connectivity index (χ2v) is 13.1.